The average molecular weight is 289 g/mol. The number of nitrogens with one attached hydrogen (secondary N) is 2. The summed E-state index contributed by atoms with van der Waals surface area (Å²) in [4.78, 5) is 25.7. The average Bonchev–Trinajstić information content (AvgIpc) is 2.52. The molecule has 5 nitrogen and oxygen atoms in total. The van der Waals surface area contributed by atoms with E-state index >= 15 is 0 Å². The highest BCUT2D eigenvalue weighted by Gasteiger charge is 2.28. The minimum atomic E-state index is -0.201. The molecule has 114 valence electrons. The molecular weight excluding hydrogens is 266 g/mol. The van der Waals surface area contributed by atoms with Crippen molar-refractivity contribution in [2.45, 2.75) is 13.3 Å². The van der Waals surface area contributed by atoms with Gasteiger partial charge in [-0.05, 0) is 18.1 Å². The Morgan fingerprint density at radius 1 is 1.43 bits per heavy atom. The molecule has 2 N–H and O–H groups in total. The molecule has 2 amide bonds. The topological polar surface area (TPSA) is 61.4 Å². The van der Waals surface area contributed by atoms with Gasteiger partial charge in [0.1, 0.15) is 0 Å². The molecule has 0 radical (unpaired) electrons. The Labute approximate surface area is 125 Å². The third kappa shape index (κ3) is 3.54. The highest BCUT2D eigenvalue weighted by Crippen LogP contribution is 2.25. The van der Waals surface area contributed by atoms with Gasteiger partial charge in [0, 0.05) is 32.9 Å². The molecule has 2 rings (SSSR count). The van der Waals surface area contributed by atoms with Gasteiger partial charge in [-0.1, -0.05) is 25.1 Å². The zero-order chi connectivity index (χ0) is 15.4. The summed E-state index contributed by atoms with van der Waals surface area (Å²) in [5, 5.41) is 5.92. The van der Waals surface area contributed by atoms with Crippen LogP contribution in [0.15, 0.2) is 24.3 Å². The fourth-order valence-electron chi connectivity index (χ4n) is 2.76. The zero-order valence-corrected chi connectivity index (χ0v) is 12.8. The van der Waals surface area contributed by atoms with Gasteiger partial charge in [-0.25, -0.2) is 0 Å². The molecule has 0 aliphatic carbocycles. The molecule has 21 heavy (non-hydrogen) atoms. The first-order chi connectivity index (χ1) is 10.0. The Balaban J connectivity index is 1.96. The van der Waals surface area contributed by atoms with Crippen LogP contribution in [0, 0.1) is 11.8 Å². The van der Waals surface area contributed by atoms with Gasteiger partial charge in [-0.2, -0.15) is 0 Å². The van der Waals surface area contributed by atoms with Crippen molar-refractivity contribution in [1.82, 2.24) is 10.2 Å². The lowest BCUT2D eigenvalue weighted by Crippen LogP contribution is -2.43. The Kier molecular flexibility index (Phi) is 4.83. The van der Waals surface area contributed by atoms with Crippen LogP contribution < -0.4 is 10.6 Å². The van der Waals surface area contributed by atoms with Crippen LogP contribution >= 0.6 is 0 Å². The molecule has 0 aromatic heterocycles. The number of rotatable bonds is 4. The van der Waals surface area contributed by atoms with Crippen molar-refractivity contribution in [3.63, 3.8) is 0 Å². The number of fused-ring (bicyclic) bond motifs is 1. The highest BCUT2D eigenvalue weighted by molar-refractivity contribution is 5.82. The van der Waals surface area contributed by atoms with Gasteiger partial charge in [0.2, 0.25) is 11.8 Å². The van der Waals surface area contributed by atoms with Crippen LogP contribution in [0.4, 0.5) is 5.69 Å². The van der Waals surface area contributed by atoms with E-state index in [2.05, 4.69) is 16.7 Å². The Bertz CT molecular complexity index is 530. The molecule has 2 unspecified atom stereocenters. The minimum absolute atomic E-state index is 0.0400. The molecule has 0 saturated heterocycles. The van der Waals surface area contributed by atoms with E-state index in [4.69, 9.17) is 0 Å². The molecule has 1 aromatic rings. The van der Waals surface area contributed by atoms with Gasteiger partial charge in [-0.15, -0.1) is 0 Å². The van der Waals surface area contributed by atoms with Crippen molar-refractivity contribution >= 4 is 17.5 Å². The molecule has 1 aromatic carbocycles. The van der Waals surface area contributed by atoms with Crippen LogP contribution in [0.3, 0.4) is 0 Å². The van der Waals surface area contributed by atoms with E-state index in [0.717, 1.165) is 12.1 Å². The van der Waals surface area contributed by atoms with E-state index in [0.29, 0.717) is 13.1 Å². The van der Waals surface area contributed by atoms with E-state index in [1.54, 1.807) is 19.0 Å². The maximum absolute atomic E-state index is 12.5. The number of anilines is 1. The summed E-state index contributed by atoms with van der Waals surface area (Å²) >= 11 is 0. The predicted octanol–water partition coefficient (Wildman–Crippen LogP) is 1.11. The molecule has 1 aliphatic rings. The first-order valence-electron chi connectivity index (χ1n) is 7.31. The van der Waals surface area contributed by atoms with E-state index in [9.17, 15) is 9.59 Å². The second-order valence-electron chi connectivity index (χ2n) is 5.67. The maximum atomic E-state index is 12.5. The molecule has 0 saturated carbocycles. The lowest BCUT2D eigenvalue weighted by molar-refractivity contribution is -0.135. The third-order valence-corrected chi connectivity index (χ3v) is 3.99. The lowest BCUT2D eigenvalue weighted by Gasteiger charge is -2.30. The summed E-state index contributed by atoms with van der Waals surface area (Å²) in [6.07, 6.45) is 0.751. The Morgan fingerprint density at radius 3 is 2.86 bits per heavy atom. The SMILES string of the molecule is CNC(=O)C(C)CN(C)C(=O)C1CNc2ccccc2C1. The summed E-state index contributed by atoms with van der Waals surface area (Å²) in [5.74, 6) is -0.218. The molecule has 5 heteroatoms. The fraction of sp³-hybridized carbons (Fsp3) is 0.500. The number of benzene rings is 1. The molecular formula is C16H23N3O2. The van der Waals surface area contributed by atoms with Crippen LogP contribution in [0.2, 0.25) is 0 Å². The Hall–Kier alpha value is -2.04. The molecule has 1 heterocycles. The van der Waals surface area contributed by atoms with Gasteiger partial charge in [0.15, 0.2) is 0 Å². The first kappa shape index (κ1) is 15.4. The number of para-hydroxylation sites is 1. The summed E-state index contributed by atoms with van der Waals surface area (Å²) in [6, 6.07) is 8.07. The number of amides is 2. The van der Waals surface area contributed by atoms with Gasteiger partial charge in [-0.3, -0.25) is 9.59 Å². The standard InChI is InChI=1S/C16H23N3O2/c1-11(15(20)17-2)10-19(3)16(21)13-8-12-6-4-5-7-14(12)18-9-13/h4-7,11,13,18H,8-10H2,1-3H3,(H,17,20). The molecule has 0 fully saturated rings. The van der Waals surface area contributed by atoms with E-state index in [-0.39, 0.29) is 23.7 Å². The van der Waals surface area contributed by atoms with Crippen molar-refractivity contribution in [2.75, 3.05) is 32.5 Å². The summed E-state index contributed by atoms with van der Waals surface area (Å²) in [5.41, 5.74) is 2.29. The van der Waals surface area contributed by atoms with Gasteiger partial charge >= 0.3 is 0 Å². The Morgan fingerprint density at radius 2 is 2.14 bits per heavy atom. The van der Waals surface area contributed by atoms with Crippen molar-refractivity contribution in [2.24, 2.45) is 11.8 Å². The number of nitrogens with zero attached hydrogens (tertiary/aromatic N) is 1. The maximum Gasteiger partial charge on any atom is 0.227 e. The second kappa shape index (κ2) is 6.61. The highest BCUT2D eigenvalue weighted by atomic mass is 16.2. The van der Waals surface area contributed by atoms with Crippen LogP contribution in [-0.4, -0.2) is 43.9 Å². The fourth-order valence-corrected chi connectivity index (χ4v) is 2.76. The van der Waals surface area contributed by atoms with E-state index < -0.39 is 0 Å². The quantitative estimate of drug-likeness (QED) is 0.873. The van der Waals surface area contributed by atoms with Crippen LogP contribution in [0.25, 0.3) is 0 Å². The van der Waals surface area contributed by atoms with Gasteiger partial charge in [0.05, 0.1) is 11.8 Å². The van der Waals surface area contributed by atoms with Crippen molar-refractivity contribution in [1.29, 1.82) is 0 Å². The molecule has 1 aliphatic heterocycles. The largest absolute Gasteiger partial charge is 0.384 e. The summed E-state index contributed by atoms with van der Waals surface area (Å²) in [7, 11) is 3.38. The van der Waals surface area contributed by atoms with Gasteiger partial charge < -0.3 is 15.5 Å². The summed E-state index contributed by atoms with van der Waals surface area (Å²) < 4.78 is 0. The third-order valence-electron chi connectivity index (χ3n) is 3.99. The molecule has 2 atom stereocenters. The van der Waals surface area contributed by atoms with E-state index in [1.807, 2.05) is 25.1 Å². The predicted molar refractivity (Wildman–Crippen MR) is 83.0 cm³/mol. The zero-order valence-electron chi connectivity index (χ0n) is 12.8. The lowest BCUT2D eigenvalue weighted by atomic mass is 9.92. The number of carbonyl (C=O) groups excluding carboxylic acids is 2. The van der Waals surface area contributed by atoms with E-state index in [1.165, 1.54) is 5.56 Å². The normalized spacial score (nSPS) is 18.1. The second-order valence-corrected chi connectivity index (χ2v) is 5.67. The monoisotopic (exact) mass is 289 g/mol. The molecule has 0 bridgehead atoms. The van der Waals surface area contributed by atoms with Gasteiger partial charge in [0.25, 0.3) is 0 Å². The van der Waals surface area contributed by atoms with Crippen LogP contribution in [0.1, 0.15) is 12.5 Å². The number of hydrogen-bond acceptors (Lipinski definition) is 3. The van der Waals surface area contributed by atoms with Crippen molar-refractivity contribution in [3.05, 3.63) is 29.8 Å². The number of hydrogen-bond donors (Lipinski definition) is 2. The smallest absolute Gasteiger partial charge is 0.227 e. The van der Waals surface area contributed by atoms with Crippen LogP contribution in [-0.2, 0) is 16.0 Å². The van der Waals surface area contributed by atoms with Crippen LogP contribution in [0.5, 0.6) is 0 Å². The molecule has 0 spiro atoms. The van der Waals surface area contributed by atoms with Crippen molar-refractivity contribution in [3.8, 4) is 0 Å². The number of carbonyl (C=O) groups is 2. The van der Waals surface area contributed by atoms with Crippen molar-refractivity contribution < 1.29 is 9.59 Å². The summed E-state index contributed by atoms with van der Waals surface area (Å²) in [6.45, 7) is 2.92. The first-order valence-corrected chi connectivity index (χ1v) is 7.31. The minimum Gasteiger partial charge on any atom is -0.384 e.